The standard InChI is InChI=1S/C16H19NO2S/c1-10-5-6-15(11(2)7-10)20-16-9-14(19-4)13(18-3)8-12(16)17/h5-9H,17H2,1-4H3. The minimum Gasteiger partial charge on any atom is -0.493 e. The Morgan fingerprint density at radius 3 is 2.15 bits per heavy atom. The summed E-state index contributed by atoms with van der Waals surface area (Å²) in [6, 6.07) is 10.1. The number of rotatable bonds is 4. The maximum absolute atomic E-state index is 6.09. The van der Waals surface area contributed by atoms with Crippen molar-refractivity contribution in [2.24, 2.45) is 0 Å². The van der Waals surface area contributed by atoms with Gasteiger partial charge in [0.25, 0.3) is 0 Å². The van der Waals surface area contributed by atoms with Gasteiger partial charge < -0.3 is 15.2 Å². The first-order chi connectivity index (χ1) is 9.55. The van der Waals surface area contributed by atoms with E-state index in [0.29, 0.717) is 17.2 Å². The largest absolute Gasteiger partial charge is 0.493 e. The van der Waals surface area contributed by atoms with Crippen LogP contribution in [0, 0.1) is 13.8 Å². The van der Waals surface area contributed by atoms with Crippen LogP contribution in [0.5, 0.6) is 11.5 Å². The van der Waals surface area contributed by atoms with E-state index in [4.69, 9.17) is 15.2 Å². The number of ether oxygens (including phenoxy) is 2. The summed E-state index contributed by atoms with van der Waals surface area (Å²) in [5.41, 5.74) is 9.28. The fraction of sp³-hybridized carbons (Fsp3) is 0.250. The highest BCUT2D eigenvalue weighted by atomic mass is 32.2. The molecule has 2 aromatic rings. The van der Waals surface area contributed by atoms with Gasteiger partial charge in [0.15, 0.2) is 11.5 Å². The molecule has 0 spiro atoms. The molecule has 2 N–H and O–H groups in total. The van der Waals surface area contributed by atoms with Crippen molar-refractivity contribution in [2.45, 2.75) is 23.6 Å². The normalized spacial score (nSPS) is 10.4. The van der Waals surface area contributed by atoms with Gasteiger partial charge in [0.2, 0.25) is 0 Å². The SMILES string of the molecule is COc1cc(N)c(Sc2ccc(C)cc2C)cc1OC. The third kappa shape index (κ3) is 3.02. The number of hydrogen-bond acceptors (Lipinski definition) is 4. The molecule has 0 heterocycles. The number of nitrogen functional groups attached to an aromatic ring is 1. The molecule has 0 aliphatic carbocycles. The van der Waals surface area contributed by atoms with E-state index < -0.39 is 0 Å². The fourth-order valence-electron chi connectivity index (χ4n) is 2.00. The van der Waals surface area contributed by atoms with Crippen molar-refractivity contribution in [3.63, 3.8) is 0 Å². The van der Waals surface area contributed by atoms with Crippen molar-refractivity contribution in [2.75, 3.05) is 20.0 Å². The van der Waals surface area contributed by atoms with E-state index in [1.807, 2.05) is 6.07 Å². The topological polar surface area (TPSA) is 44.5 Å². The Balaban J connectivity index is 2.38. The van der Waals surface area contributed by atoms with Crippen LogP contribution in [0.15, 0.2) is 40.1 Å². The van der Waals surface area contributed by atoms with Crippen LogP contribution in [0.2, 0.25) is 0 Å². The molecule has 0 aliphatic heterocycles. The number of anilines is 1. The van der Waals surface area contributed by atoms with E-state index in [-0.39, 0.29) is 0 Å². The van der Waals surface area contributed by atoms with Gasteiger partial charge in [0.05, 0.1) is 14.2 Å². The molecule has 2 aromatic carbocycles. The molecule has 0 saturated heterocycles. The zero-order valence-corrected chi connectivity index (χ0v) is 13.0. The second kappa shape index (κ2) is 6.09. The predicted molar refractivity (Wildman–Crippen MR) is 84.0 cm³/mol. The molecule has 0 saturated carbocycles. The first kappa shape index (κ1) is 14.6. The second-order valence-corrected chi connectivity index (χ2v) is 5.70. The Hall–Kier alpha value is -1.81. The number of aryl methyl sites for hydroxylation is 2. The maximum Gasteiger partial charge on any atom is 0.162 e. The highest BCUT2D eigenvalue weighted by molar-refractivity contribution is 7.99. The molecule has 0 bridgehead atoms. The van der Waals surface area contributed by atoms with Crippen molar-refractivity contribution in [1.29, 1.82) is 0 Å². The highest BCUT2D eigenvalue weighted by Crippen LogP contribution is 2.40. The van der Waals surface area contributed by atoms with Gasteiger partial charge in [-0.05, 0) is 31.5 Å². The molecular formula is C16H19NO2S. The predicted octanol–water partition coefficient (Wildman–Crippen LogP) is 4.05. The molecule has 0 aromatic heterocycles. The minimum absolute atomic E-state index is 0.648. The van der Waals surface area contributed by atoms with Gasteiger partial charge in [-0.2, -0.15) is 0 Å². The Labute approximate surface area is 124 Å². The van der Waals surface area contributed by atoms with E-state index in [1.54, 1.807) is 32.0 Å². The summed E-state index contributed by atoms with van der Waals surface area (Å²) in [6.45, 7) is 4.19. The Bertz CT molecular complexity index is 626. The maximum atomic E-state index is 6.09. The lowest BCUT2D eigenvalue weighted by Gasteiger charge is -2.13. The summed E-state index contributed by atoms with van der Waals surface area (Å²) in [4.78, 5) is 2.16. The first-order valence-electron chi connectivity index (χ1n) is 6.31. The third-order valence-electron chi connectivity index (χ3n) is 3.07. The summed E-state index contributed by atoms with van der Waals surface area (Å²) in [5, 5.41) is 0. The van der Waals surface area contributed by atoms with E-state index in [1.165, 1.54) is 16.0 Å². The molecule has 0 unspecified atom stereocenters. The molecular weight excluding hydrogens is 270 g/mol. The van der Waals surface area contributed by atoms with E-state index in [2.05, 4.69) is 32.0 Å². The Morgan fingerprint density at radius 2 is 1.55 bits per heavy atom. The number of methoxy groups -OCH3 is 2. The van der Waals surface area contributed by atoms with Crippen molar-refractivity contribution >= 4 is 17.4 Å². The molecule has 0 amide bonds. The van der Waals surface area contributed by atoms with Gasteiger partial charge >= 0.3 is 0 Å². The molecule has 0 atom stereocenters. The fourth-order valence-corrected chi connectivity index (χ4v) is 2.93. The van der Waals surface area contributed by atoms with Crippen LogP contribution in [-0.2, 0) is 0 Å². The summed E-state index contributed by atoms with van der Waals surface area (Å²) >= 11 is 1.64. The molecule has 20 heavy (non-hydrogen) atoms. The Morgan fingerprint density at radius 1 is 0.900 bits per heavy atom. The van der Waals surface area contributed by atoms with Crippen LogP contribution < -0.4 is 15.2 Å². The van der Waals surface area contributed by atoms with E-state index in [9.17, 15) is 0 Å². The van der Waals surface area contributed by atoms with Crippen LogP contribution in [-0.4, -0.2) is 14.2 Å². The first-order valence-corrected chi connectivity index (χ1v) is 7.13. The number of hydrogen-bond donors (Lipinski definition) is 1. The minimum atomic E-state index is 0.648. The lowest BCUT2D eigenvalue weighted by molar-refractivity contribution is 0.354. The van der Waals surface area contributed by atoms with Gasteiger partial charge in [-0.15, -0.1) is 0 Å². The van der Waals surface area contributed by atoms with Crippen LogP contribution in [0.3, 0.4) is 0 Å². The van der Waals surface area contributed by atoms with Crippen molar-refractivity contribution in [3.8, 4) is 11.5 Å². The van der Waals surface area contributed by atoms with Crippen molar-refractivity contribution in [1.82, 2.24) is 0 Å². The quantitative estimate of drug-likeness (QED) is 0.862. The summed E-state index contributed by atoms with van der Waals surface area (Å²) in [7, 11) is 3.23. The van der Waals surface area contributed by atoms with Gasteiger partial charge in [-0.3, -0.25) is 0 Å². The third-order valence-corrected chi connectivity index (χ3v) is 4.32. The van der Waals surface area contributed by atoms with Crippen LogP contribution >= 0.6 is 11.8 Å². The second-order valence-electron chi connectivity index (χ2n) is 4.62. The summed E-state index contributed by atoms with van der Waals surface area (Å²) in [5.74, 6) is 1.34. The summed E-state index contributed by atoms with van der Waals surface area (Å²) < 4.78 is 10.6. The van der Waals surface area contributed by atoms with Crippen LogP contribution in [0.4, 0.5) is 5.69 Å². The number of benzene rings is 2. The van der Waals surface area contributed by atoms with Crippen LogP contribution in [0.1, 0.15) is 11.1 Å². The van der Waals surface area contributed by atoms with Gasteiger partial charge in [-0.25, -0.2) is 0 Å². The molecule has 3 nitrogen and oxygen atoms in total. The number of nitrogens with two attached hydrogens (primary N) is 1. The van der Waals surface area contributed by atoms with E-state index >= 15 is 0 Å². The van der Waals surface area contributed by atoms with Gasteiger partial charge in [0.1, 0.15) is 0 Å². The Kier molecular flexibility index (Phi) is 4.45. The smallest absolute Gasteiger partial charge is 0.162 e. The molecule has 4 heteroatoms. The molecule has 2 rings (SSSR count). The lowest BCUT2D eigenvalue weighted by Crippen LogP contribution is -1.95. The zero-order valence-electron chi connectivity index (χ0n) is 12.2. The van der Waals surface area contributed by atoms with Gasteiger partial charge in [-0.1, -0.05) is 29.5 Å². The van der Waals surface area contributed by atoms with Gasteiger partial charge in [0, 0.05) is 21.5 Å². The lowest BCUT2D eigenvalue weighted by atomic mass is 10.2. The van der Waals surface area contributed by atoms with Crippen molar-refractivity contribution < 1.29 is 9.47 Å². The average Bonchev–Trinajstić information content (AvgIpc) is 2.43. The molecule has 106 valence electrons. The average molecular weight is 289 g/mol. The zero-order chi connectivity index (χ0) is 14.7. The molecule has 0 fully saturated rings. The molecule has 0 radical (unpaired) electrons. The highest BCUT2D eigenvalue weighted by Gasteiger charge is 2.11. The van der Waals surface area contributed by atoms with E-state index in [0.717, 1.165) is 4.90 Å². The van der Waals surface area contributed by atoms with Crippen LogP contribution in [0.25, 0.3) is 0 Å². The van der Waals surface area contributed by atoms with Crippen molar-refractivity contribution in [3.05, 3.63) is 41.5 Å². The summed E-state index contributed by atoms with van der Waals surface area (Å²) in [6.07, 6.45) is 0. The molecule has 0 aliphatic rings. The monoisotopic (exact) mass is 289 g/mol.